The van der Waals surface area contributed by atoms with Crippen LogP contribution >= 0.6 is 0 Å². The molecule has 0 aromatic heterocycles. The fraction of sp³-hybridized carbons (Fsp3) is 0.333. The Balaban J connectivity index is 2.03. The van der Waals surface area contributed by atoms with Gasteiger partial charge in [0, 0.05) is 25.1 Å². The molecule has 0 radical (unpaired) electrons. The van der Waals surface area contributed by atoms with Crippen LogP contribution in [0.1, 0.15) is 39.0 Å². The molecule has 0 aromatic carbocycles. The number of carbonyl (C=O) groups is 2. The number of amides is 2. The summed E-state index contributed by atoms with van der Waals surface area (Å²) in [7, 11) is 1.63. The number of hydrogen-bond acceptors (Lipinski definition) is 2. The van der Waals surface area contributed by atoms with Crippen molar-refractivity contribution < 1.29 is 9.59 Å². The average molecular weight is 379 g/mol. The van der Waals surface area contributed by atoms with E-state index >= 15 is 0 Å². The van der Waals surface area contributed by atoms with Gasteiger partial charge in [-0.1, -0.05) is 62.1 Å². The van der Waals surface area contributed by atoms with Crippen molar-refractivity contribution in [3.05, 3.63) is 83.7 Å². The first-order chi connectivity index (χ1) is 13.6. The van der Waals surface area contributed by atoms with Crippen LogP contribution in [0.15, 0.2) is 83.7 Å². The standard InChI is InChI=1S/C24H30N2O2/c1-4-8-20(14-15-23(27)25-3)22(9-5-2)26-24(28)17-18-12-13-19-10-6-7-11-21(19)16-18/h5-12,16,19H,2,4,13-15,17H2,1,3H3,(H,25,27)(H,26,28)/b20-8-,22-9+. The molecule has 2 rings (SSSR count). The van der Waals surface area contributed by atoms with Crippen molar-refractivity contribution in [2.75, 3.05) is 7.05 Å². The van der Waals surface area contributed by atoms with Gasteiger partial charge in [-0.15, -0.1) is 0 Å². The van der Waals surface area contributed by atoms with Crippen LogP contribution in [0.5, 0.6) is 0 Å². The first-order valence-corrected chi connectivity index (χ1v) is 9.85. The second-order valence-electron chi connectivity index (χ2n) is 6.86. The normalized spacial score (nSPS) is 18.7. The van der Waals surface area contributed by atoms with Gasteiger partial charge >= 0.3 is 0 Å². The van der Waals surface area contributed by atoms with Gasteiger partial charge in [0.15, 0.2) is 0 Å². The maximum atomic E-state index is 12.7. The van der Waals surface area contributed by atoms with Crippen LogP contribution in [0, 0.1) is 5.92 Å². The Kier molecular flexibility index (Phi) is 8.47. The topological polar surface area (TPSA) is 58.2 Å². The summed E-state index contributed by atoms with van der Waals surface area (Å²) in [5, 5.41) is 5.65. The molecule has 1 unspecified atom stereocenters. The van der Waals surface area contributed by atoms with Crippen molar-refractivity contribution in [2.45, 2.75) is 39.0 Å². The lowest BCUT2D eigenvalue weighted by Crippen LogP contribution is -2.25. The highest BCUT2D eigenvalue weighted by Gasteiger charge is 2.17. The molecule has 2 aliphatic carbocycles. The molecule has 0 saturated heterocycles. The van der Waals surface area contributed by atoms with Crippen LogP contribution in [-0.2, 0) is 9.59 Å². The molecule has 0 fully saturated rings. The first-order valence-electron chi connectivity index (χ1n) is 9.85. The fourth-order valence-corrected chi connectivity index (χ4v) is 3.34. The van der Waals surface area contributed by atoms with E-state index in [0.717, 1.165) is 24.0 Å². The summed E-state index contributed by atoms with van der Waals surface area (Å²) < 4.78 is 0. The first kappa shape index (κ1) is 21.4. The Morgan fingerprint density at radius 2 is 2.07 bits per heavy atom. The quantitative estimate of drug-likeness (QED) is 0.583. The molecule has 0 spiro atoms. The van der Waals surface area contributed by atoms with Gasteiger partial charge in [0.05, 0.1) is 6.42 Å². The lowest BCUT2D eigenvalue weighted by atomic mass is 9.85. The number of allylic oxidation sites excluding steroid dienone is 11. The van der Waals surface area contributed by atoms with Gasteiger partial charge < -0.3 is 10.6 Å². The van der Waals surface area contributed by atoms with Gasteiger partial charge in [-0.3, -0.25) is 9.59 Å². The lowest BCUT2D eigenvalue weighted by Gasteiger charge is -2.21. The van der Waals surface area contributed by atoms with Crippen molar-refractivity contribution in [3.8, 4) is 0 Å². The number of rotatable bonds is 9. The molecular formula is C24H30N2O2. The summed E-state index contributed by atoms with van der Waals surface area (Å²) in [6.07, 6.45) is 21.2. The van der Waals surface area contributed by atoms with E-state index in [1.54, 1.807) is 19.2 Å². The van der Waals surface area contributed by atoms with E-state index in [1.807, 2.05) is 19.1 Å². The Labute approximate surface area is 168 Å². The van der Waals surface area contributed by atoms with Gasteiger partial charge in [-0.2, -0.15) is 0 Å². The van der Waals surface area contributed by atoms with E-state index < -0.39 is 0 Å². The summed E-state index contributed by atoms with van der Waals surface area (Å²) >= 11 is 0. The summed E-state index contributed by atoms with van der Waals surface area (Å²) in [6, 6.07) is 0. The average Bonchev–Trinajstić information content (AvgIpc) is 2.70. The highest BCUT2D eigenvalue weighted by Crippen LogP contribution is 2.29. The smallest absolute Gasteiger partial charge is 0.228 e. The van der Waals surface area contributed by atoms with Gasteiger partial charge in [0.1, 0.15) is 0 Å². The molecule has 2 N–H and O–H groups in total. The van der Waals surface area contributed by atoms with Crippen LogP contribution in [0.3, 0.4) is 0 Å². The maximum Gasteiger partial charge on any atom is 0.228 e. The molecule has 148 valence electrons. The van der Waals surface area contributed by atoms with E-state index in [9.17, 15) is 9.59 Å². The number of hydrogen-bond donors (Lipinski definition) is 2. The summed E-state index contributed by atoms with van der Waals surface area (Å²) in [5.74, 6) is 0.346. The number of nitrogens with one attached hydrogen (secondary N) is 2. The number of fused-ring (bicyclic) bond motifs is 1. The molecule has 0 bridgehead atoms. The zero-order chi connectivity index (χ0) is 20.4. The molecule has 2 aliphatic rings. The zero-order valence-corrected chi connectivity index (χ0v) is 16.8. The van der Waals surface area contributed by atoms with Crippen molar-refractivity contribution in [1.82, 2.24) is 10.6 Å². The molecule has 0 aliphatic heterocycles. The molecule has 4 heteroatoms. The third-order valence-electron chi connectivity index (χ3n) is 4.78. The fourth-order valence-electron chi connectivity index (χ4n) is 3.34. The Morgan fingerprint density at radius 3 is 2.79 bits per heavy atom. The Morgan fingerprint density at radius 1 is 1.25 bits per heavy atom. The van der Waals surface area contributed by atoms with Crippen LogP contribution in [0.2, 0.25) is 0 Å². The minimum Gasteiger partial charge on any atom is -0.359 e. The molecule has 0 saturated carbocycles. The van der Waals surface area contributed by atoms with E-state index in [4.69, 9.17) is 0 Å². The largest absolute Gasteiger partial charge is 0.359 e. The zero-order valence-electron chi connectivity index (χ0n) is 16.8. The van der Waals surface area contributed by atoms with E-state index in [1.165, 1.54) is 5.57 Å². The molecule has 4 nitrogen and oxygen atoms in total. The highest BCUT2D eigenvalue weighted by molar-refractivity contribution is 5.82. The van der Waals surface area contributed by atoms with Gasteiger partial charge in [0.2, 0.25) is 11.8 Å². The summed E-state index contributed by atoms with van der Waals surface area (Å²) in [6.45, 7) is 5.79. The summed E-state index contributed by atoms with van der Waals surface area (Å²) in [4.78, 5) is 24.3. The third-order valence-corrected chi connectivity index (χ3v) is 4.78. The van der Waals surface area contributed by atoms with E-state index in [-0.39, 0.29) is 11.8 Å². The molecule has 28 heavy (non-hydrogen) atoms. The third kappa shape index (κ3) is 6.38. The Hall–Kier alpha value is -2.88. The lowest BCUT2D eigenvalue weighted by molar-refractivity contribution is -0.120. The second kappa shape index (κ2) is 11.1. The van der Waals surface area contributed by atoms with E-state index in [0.29, 0.717) is 30.9 Å². The molecule has 0 aromatic rings. The predicted octanol–water partition coefficient (Wildman–Crippen LogP) is 4.42. The molecule has 0 heterocycles. The SMILES string of the molecule is C=C/C=C(NC(=O)CC1=CCC2C=CC=CC2=C1)\C(=C/CC)CCC(=O)NC. The minimum absolute atomic E-state index is 0.0191. The van der Waals surface area contributed by atoms with Crippen LogP contribution in [0.25, 0.3) is 0 Å². The minimum atomic E-state index is -0.0630. The molecular weight excluding hydrogens is 348 g/mol. The van der Waals surface area contributed by atoms with Crippen LogP contribution < -0.4 is 10.6 Å². The molecule has 2 amide bonds. The van der Waals surface area contributed by atoms with Gasteiger partial charge in [0.25, 0.3) is 0 Å². The van der Waals surface area contributed by atoms with Crippen molar-refractivity contribution in [3.63, 3.8) is 0 Å². The predicted molar refractivity (Wildman–Crippen MR) is 115 cm³/mol. The maximum absolute atomic E-state index is 12.7. The second-order valence-corrected chi connectivity index (χ2v) is 6.86. The van der Waals surface area contributed by atoms with Gasteiger partial charge in [-0.25, -0.2) is 0 Å². The summed E-state index contributed by atoms with van der Waals surface area (Å²) in [5.41, 5.74) is 3.96. The van der Waals surface area contributed by atoms with E-state index in [2.05, 4.69) is 47.6 Å². The Bertz CT molecular complexity index is 791. The van der Waals surface area contributed by atoms with Crippen LogP contribution in [0.4, 0.5) is 0 Å². The monoisotopic (exact) mass is 378 g/mol. The van der Waals surface area contributed by atoms with Crippen LogP contribution in [-0.4, -0.2) is 18.9 Å². The number of carbonyl (C=O) groups excluding carboxylic acids is 2. The van der Waals surface area contributed by atoms with Crippen molar-refractivity contribution in [2.24, 2.45) is 5.92 Å². The van der Waals surface area contributed by atoms with Gasteiger partial charge in [-0.05, 0) is 42.1 Å². The highest BCUT2D eigenvalue weighted by atomic mass is 16.2. The van der Waals surface area contributed by atoms with Crippen molar-refractivity contribution in [1.29, 1.82) is 0 Å². The van der Waals surface area contributed by atoms with Crippen molar-refractivity contribution >= 4 is 11.8 Å². The molecule has 1 atom stereocenters.